The van der Waals surface area contributed by atoms with Crippen molar-refractivity contribution in [3.63, 3.8) is 0 Å². The van der Waals surface area contributed by atoms with E-state index in [0.29, 0.717) is 4.88 Å². The van der Waals surface area contributed by atoms with Gasteiger partial charge in [0, 0.05) is 0 Å². The minimum atomic E-state index is -0.594. The van der Waals surface area contributed by atoms with Crippen LogP contribution in [-0.4, -0.2) is 24.4 Å². The third kappa shape index (κ3) is 3.41. The van der Waals surface area contributed by atoms with E-state index in [0.717, 1.165) is 0 Å². The molecule has 1 aromatic heterocycles. The Morgan fingerprint density at radius 3 is 2.94 bits per heavy atom. The fourth-order valence-electron chi connectivity index (χ4n) is 1.03. The van der Waals surface area contributed by atoms with Crippen molar-refractivity contribution in [3.05, 3.63) is 22.4 Å². The van der Waals surface area contributed by atoms with Crippen LogP contribution in [0.1, 0.15) is 16.6 Å². The van der Waals surface area contributed by atoms with Crippen LogP contribution in [0.15, 0.2) is 17.5 Å². The topological polar surface area (TPSA) is 58.2 Å². The maximum absolute atomic E-state index is 11.6. The summed E-state index contributed by atoms with van der Waals surface area (Å²) in [7, 11) is 0. The molecule has 0 aliphatic rings. The lowest BCUT2D eigenvalue weighted by Crippen LogP contribution is -2.44. The molecule has 0 saturated heterocycles. The van der Waals surface area contributed by atoms with Crippen molar-refractivity contribution in [1.82, 2.24) is 10.6 Å². The molecule has 1 heterocycles. The van der Waals surface area contributed by atoms with Crippen molar-refractivity contribution in [3.8, 4) is 12.3 Å². The molecule has 4 nitrogen and oxygen atoms in total. The van der Waals surface area contributed by atoms with E-state index in [9.17, 15) is 9.59 Å². The zero-order valence-corrected chi connectivity index (χ0v) is 9.64. The van der Waals surface area contributed by atoms with Gasteiger partial charge in [0.15, 0.2) is 0 Å². The van der Waals surface area contributed by atoms with Crippen LogP contribution in [0.3, 0.4) is 0 Å². The predicted molar refractivity (Wildman–Crippen MR) is 63.1 cm³/mol. The molecule has 1 aromatic rings. The molecule has 1 unspecified atom stereocenters. The molecular weight excluding hydrogens is 224 g/mol. The molecule has 0 aromatic carbocycles. The quantitative estimate of drug-likeness (QED) is 0.753. The number of amides is 2. The molecule has 0 saturated carbocycles. The molecule has 0 aliphatic carbocycles. The summed E-state index contributed by atoms with van der Waals surface area (Å²) >= 11 is 1.33. The summed E-state index contributed by atoms with van der Waals surface area (Å²) < 4.78 is 0. The highest BCUT2D eigenvalue weighted by Crippen LogP contribution is 2.07. The van der Waals surface area contributed by atoms with E-state index in [4.69, 9.17) is 6.42 Å². The van der Waals surface area contributed by atoms with Crippen LogP contribution in [0.5, 0.6) is 0 Å². The van der Waals surface area contributed by atoms with Gasteiger partial charge in [-0.25, -0.2) is 0 Å². The average molecular weight is 236 g/mol. The Bertz CT molecular complexity index is 406. The number of thiophene rings is 1. The number of hydrogen-bond donors (Lipinski definition) is 2. The van der Waals surface area contributed by atoms with Crippen molar-refractivity contribution in [1.29, 1.82) is 0 Å². The Morgan fingerprint density at radius 1 is 1.62 bits per heavy atom. The van der Waals surface area contributed by atoms with Crippen molar-refractivity contribution >= 4 is 23.2 Å². The van der Waals surface area contributed by atoms with Crippen LogP contribution < -0.4 is 10.6 Å². The van der Waals surface area contributed by atoms with E-state index in [1.807, 2.05) is 0 Å². The number of carbonyl (C=O) groups excluding carboxylic acids is 2. The second kappa shape index (κ2) is 5.93. The van der Waals surface area contributed by atoms with Crippen LogP contribution in [-0.2, 0) is 4.79 Å². The van der Waals surface area contributed by atoms with Crippen molar-refractivity contribution in [2.75, 3.05) is 6.54 Å². The summed E-state index contributed by atoms with van der Waals surface area (Å²) in [4.78, 5) is 23.5. The molecule has 0 spiro atoms. The average Bonchev–Trinajstić information content (AvgIpc) is 2.79. The van der Waals surface area contributed by atoms with Crippen LogP contribution in [0.4, 0.5) is 0 Å². The molecule has 1 rings (SSSR count). The normalized spacial score (nSPS) is 11.2. The molecule has 0 fully saturated rings. The maximum Gasteiger partial charge on any atom is 0.261 e. The fraction of sp³-hybridized carbons (Fsp3) is 0.273. The van der Waals surface area contributed by atoms with Gasteiger partial charge in [0.1, 0.15) is 6.04 Å². The molecule has 0 radical (unpaired) electrons. The van der Waals surface area contributed by atoms with Crippen molar-refractivity contribution < 1.29 is 9.59 Å². The number of hydrogen-bond acceptors (Lipinski definition) is 3. The van der Waals surface area contributed by atoms with E-state index >= 15 is 0 Å². The lowest BCUT2D eigenvalue weighted by molar-refractivity contribution is -0.122. The first-order chi connectivity index (χ1) is 7.65. The van der Waals surface area contributed by atoms with Crippen molar-refractivity contribution in [2.45, 2.75) is 13.0 Å². The van der Waals surface area contributed by atoms with E-state index in [2.05, 4.69) is 16.6 Å². The van der Waals surface area contributed by atoms with Gasteiger partial charge in [-0.2, -0.15) is 0 Å². The fourth-order valence-corrected chi connectivity index (χ4v) is 1.66. The molecule has 16 heavy (non-hydrogen) atoms. The SMILES string of the molecule is C#CCNC(=O)C(C)NC(=O)c1cccs1. The molecule has 2 amide bonds. The Labute approximate surface area is 98.0 Å². The minimum Gasteiger partial charge on any atom is -0.343 e. The van der Waals surface area contributed by atoms with Gasteiger partial charge in [-0.1, -0.05) is 12.0 Å². The Hall–Kier alpha value is -1.80. The predicted octanol–water partition coefficient (Wildman–Crippen LogP) is 0.616. The summed E-state index contributed by atoms with van der Waals surface area (Å²) in [6, 6.07) is 2.89. The molecule has 0 bridgehead atoms. The van der Waals surface area contributed by atoms with Gasteiger partial charge in [0.05, 0.1) is 11.4 Å². The summed E-state index contributed by atoms with van der Waals surface area (Å²) in [6.45, 7) is 1.77. The van der Waals surface area contributed by atoms with E-state index in [1.165, 1.54) is 11.3 Å². The first kappa shape index (κ1) is 12.3. The molecular formula is C11H12N2O2S. The Kier molecular flexibility index (Phi) is 4.55. The highest BCUT2D eigenvalue weighted by atomic mass is 32.1. The van der Waals surface area contributed by atoms with Gasteiger partial charge in [-0.3, -0.25) is 9.59 Å². The third-order valence-corrected chi connectivity index (χ3v) is 2.72. The Balaban J connectivity index is 2.46. The molecule has 2 N–H and O–H groups in total. The van der Waals surface area contributed by atoms with Crippen molar-refractivity contribution in [2.24, 2.45) is 0 Å². The highest BCUT2D eigenvalue weighted by molar-refractivity contribution is 7.12. The zero-order valence-electron chi connectivity index (χ0n) is 8.82. The highest BCUT2D eigenvalue weighted by Gasteiger charge is 2.16. The number of carbonyl (C=O) groups is 2. The van der Waals surface area contributed by atoms with Gasteiger partial charge >= 0.3 is 0 Å². The van der Waals surface area contributed by atoms with E-state index in [1.54, 1.807) is 24.4 Å². The number of rotatable bonds is 4. The first-order valence-electron chi connectivity index (χ1n) is 4.70. The molecule has 0 aliphatic heterocycles. The number of nitrogens with one attached hydrogen (secondary N) is 2. The van der Waals surface area contributed by atoms with E-state index in [-0.39, 0.29) is 18.4 Å². The lowest BCUT2D eigenvalue weighted by atomic mass is 10.3. The Morgan fingerprint density at radius 2 is 2.38 bits per heavy atom. The molecule has 84 valence electrons. The summed E-state index contributed by atoms with van der Waals surface area (Å²) in [5, 5.41) is 6.88. The smallest absolute Gasteiger partial charge is 0.261 e. The first-order valence-corrected chi connectivity index (χ1v) is 5.58. The third-order valence-electron chi connectivity index (χ3n) is 1.85. The largest absolute Gasteiger partial charge is 0.343 e. The monoisotopic (exact) mass is 236 g/mol. The van der Waals surface area contributed by atoms with Crippen LogP contribution in [0.25, 0.3) is 0 Å². The number of terminal acetylenes is 1. The second-order valence-corrected chi connectivity index (χ2v) is 4.04. The van der Waals surface area contributed by atoms with Gasteiger partial charge in [0.2, 0.25) is 5.91 Å². The van der Waals surface area contributed by atoms with Gasteiger partial charge in [-0.15, -0.1) is 17.8 Å². The lowest BCUT2D eigenvalue weighted by Gasteiger charge is -2.12. The summed E-state index contributed by atoms with van der Waals surface area (Å²) in [5.41, 5.74) is 0. The maximum atomic E-state index is 11.6. The molecule has 5 heteroatoms. The standard InChI is InChI=1S/C11H12N2O2S/c1-3-6-12-10(14)8(2)13-11(15)9-5-4-7-16-9/h1,4-5,7-8H,6H2,2H3,(H,12,14)(H,13,15). The van der Waals surface area contributed by atoms with Crippen LogP contribution >= 0.6 is 11.3 Å². The summed E-state index contributed by atoms with van der Waals surface area (Å²) in [6.07, 6.45) is 5.00. The molecule has 1 atom stereocenters. The van der Waals surface area contributed by atoms with Gasteiger partial charge in [0.25, 0.3) is 5.91 Å². The minimum absolute atomic E-state index is 0.165. The summed E-state index contributed by atoms with van der Waals surface area (Å²) in [5.74, 6) is 1.75. The van der Waals surface area contributed by atoms with Crippen LogP contribution in [0.2, 0.25) is 0 Å². The van der Waals surface area contributed by atoms with Crippen LogP contribution in [0, 0.1) is 12.3 Å². The van der Waals surface area contributed by atoms with Gasteiger partial charge < -0.3 is 10.6 Å². The second-order valence-electron chi connectivity index (χ2n) is 3.09. The van der Waals surface area contributed by atoms with E-state index < -0.39 is 6.04 Å². The zero-order chi connectivity index (χ0) is 12.0. The van der Waals surface area contributed by atoms with Gasteiger partial charge in [-0.05, 0) is 18.4 Å².